The van der Waals surface area contributed by atoms with Crippen LogP contribution in [0.25, 0.3) is 0 Å². The Hall–Kier alpha value is -1.62. The molecular formula is C31H62N2O16. The van der Waals surface area contributed by atoms with Gasteiger partial charge in [0.05, 0.1) is 159 Å². The van der Waals surface area contributed by atoms with E-state index in [-0.39, 0.29) is 6.61 Å². The molecule has 0 radical (unpaired) electrons. The Morgan fingerprint density at radius 2 is 0.612 bits per heavy atom. The number of carbonyl (C=O) groups excluding carboxylic acids is 1. The molecule has 0 aliphatic carbocycles. The summed E-state index contributed by atoms with van der Waals surface area (Å²) in [5, 5.41) is 14.0. The first-order valence-electron chi connectivity index (χ1n) is 16.8. The minimum absolute atomic E-state index is 0.299. The molecule has 0 aromatic heterocycles. The molecule has 292 valence electrons. The molecular weight excluding hydrogens is 656 g/mol. The molecule has 0 rings (SSSR count). The fraction of sp³-hybridized carbons (Fsp3) is 0.935. The fourth-order valence-electron chi connectivity index (χ4n) is 3.24. The summed E-state index contributed by atoms with van der Waals surface area (Å²) < 4.78 is 69.8. The van der Waals surface area contributed by atoms with Gasteiger partial charge in [-0.1, -0.05) is 0 Å². The highest BCUT2D eigenvalue weighted by molar-refractivity contribution is 5.77. The molecule has 18 nitrogen and oxygen atoms in total. The van der Waals surface area contributed by atoms with Crippen molar-refractivity contribution in [2.75, 3.05) is 192 Å². The first-order valence-corrected chi connectivity index (χ1v) is 16.8. The van der Waals surface area contributed by atoms with Crippen LogP contribution in [0.15, 0.2) is 0 Å². The Kier molecular flexibility index (Phi) is 41.1. The molecule has 0 fully saturated rings. The van der Waals surface area contributed by atoms with Crippen molar-refractivity contribution >= 4 is 11.9 Å². The van der Waals surface area contributed by atoms with E-state index in [9.17, 15) is 9.59 Å². The normalized spacial score (nSPS) is 11.4. The predicted octanol–water partition coefficient (Wildman–Crippen LogP) is -1.38. The molecule has 0 heterocycles. The van der Waals surface area contributed by atoms with Gasteiger partial charge in [0.1, 0.15) is 13.2 Å². The zero-order valence-electron chi connectivity index (χ0n) is 29.4. The largest absolute Gasteiger partial charge is 0.480 e. The lowest BCUT2D eigenvalue weighted by Crippen LogP contribution is -2.31. The van der Waals surface area contributed by atoms with Crippen LogP contribution in [-0.2, 0) is 71.2 Å². The Labute approximate surface area is 290 Å². The van der Waals surface area contributed by atoms with Crippen LogP contribution < -0.4 is 10.6 Å². The Morgan fingerprint density at radius 1 is 0.367 bits per heavy atom. The van der Waals surface area contributed by atoms with E-state index in [0.717, 1.165) is 6.54 Å². The standard InChI is InChI=1S/C31H62N2O16/c1-32-2-4-37-6-8-39-10-12-41-14-16-43-18-20-45-22-24-47-26-27-48-25-23-46-21-19-44-17-15-42-13-11-40-9-7-38-5-3-33-30(34)28-49-29-31(35)36/h32H,2-29H2,1H3,(H,33,34)(H,35,36). The lowest BCUT2D eigenvalue weighted by atomic mass is 10.6. The van der Waals surface area contributed by atoms with Gasteiger partial charge < -0.3 is 77.3 Å². The maximum absolute atomic E-state index is 11.4. The van der Waals surface area contributed by atoms with Crippen LogP contribution in [-0.4, -0.2) is 209 Å². The molecule has 0 saturated heterocycles. The number of nitrogens with one attached hydrogen (secondary N) is 2. The van der Waals surface area contributed by atoms with Gasteiger partial charge in [-0.15, -0.1) is 0 Å². The highest BCUT2D eigenvalue weighted by Gasteiger charge is 2.03. The third kappa shape index (κ3) is 44.4. The fourth-order valence-corrected chi connectivity index (χ4v) is 3.24. The van der Waals surface area contributed by atoms with Crippen molar-refractivity contribution in [3.8, 4) is 0 Å². The van der Waals surface area contributed by atoms with Crippen LogP contribution in [0, 0.1) is 0 Å². The maximum atomic E-state index is 11.4. The van der Waals surface area contributed by atoms with E-state index in [1.807, 2.05) is 7.05 Å². The lowest BCUT2D eigenvalue weighted by molar-refractivity contribution is -0.143. The van der Waals surface area contributed by atoms with E-state index in [4.69, 9.17) is 61.9 Å². The van der Waals surface area contributed by atoms with Gasteiger partial charge in [-0.3, -0.25) is 4.79 Å². The second kappa shape index (κ2) is 42.5. The van der Waals surface area contributed by atoms with Crippen molar-refractivity contribution in [3.05, 3.63) is 0 Å². The summed E-state index contributed by atoms with van der Waals surface area (Å²) in [5.74, 6) is -1.52. The summed E-state index contributed by atoms with van der Waals surface area (Å²) in [6.07, 6.45) is 0. The average Bonchev–Trinajstić information content (AvgIpc) is 3.09. The summed E-state index contributed by atoms with van der Waals surface area (Å²) >= 11 is 0. The predicted molar refractivity (Wildman–Crippen MR) is 175 cm³/mol. The Bertz CT molecular complexity index is 683. The second-order valence-electron chi connectivity index (χ2n) is 9.69. The molecule has 0 saturated carbocycles. The average molecular weight is 719 g/mol. The van der Waals surface area contributed by atoms with E-state index in [1.54, 1.807) is 0 Å². The Balaban J connectivity index is 3.08. The topological polar surface area (TPSA) is 198 Å². The molecule has 0 aliphatic rings. The summed E-state index contributed by atoms with van der Waals surface area (Å²) in [6.45, 7) is 12.0. The van der Waals surface area contributed by atoms with E-state index in [2.05, 4.69) is 15.4 Å². The molecule has 0 unspecified atom stereocenters. The summed E-state index contributed by atoms with van der Waals surface area (Å²) in [7, 11) is 1.89. The maximum Gasteiger partial charge on any atom is 0.329 e. The van der Waals surface area contributed by atoms with Crippen LogP contribution in [0.2, 0.25) is 0 Å². The van der Waals surface area contributed by atoms with Gasteiger partial charge in [0.15, 0.2) is 0 Å². The van der Waals surface area contributed by atoms with Gasteiger partial charge in [-0.05, 0) is 7.05 Å². The highest BCUT2D eigenvalue weighted by Crippen LogP contribution is 1.87. The van der Waals surface area contributed by atoms with Gasteiger partial charge in [-0.2, -0.15) is 0 Å². The third-order valence-electron chi connectivity index (χ3n) is 5.62. The molecule has 18 heteroatoms. The van der Waals surface area contributed by atoms with Crippen LogP contribution in [0.3, 0.4) is 0 Å². The van der Waals surface area contributed by atoms with Crippen molar-refractivity contribution in [1.82, 2.24) is 10.6 Å². The monoisotopic (exact) mass is 718 g/mol. The Morgan fingerprint density at radius 3 is 0.857 bits per heavy atom. The minimum atomic E-state index is -1.12. The van der Waals surface area contributed by atoms with Gasteiger partial charge in [0.25, 0.3) is 0 Å². The number of carboxylic acid groups (broad SMARTS) is 1. The smallest absolute Gasteiger partial charge is 0.329 e. The van der Waals surface area contributed by atoms with Crippen LogP contribution in [0.5, 0.6) is 0 Å². The van der Waals surface area contributed by atoms with Crippen LogP contribution in [0.4, 0.5) is 0 Å². The van der Waals surface area contributed by atoms with Crippen LogP contribution in [0.1, 0.15) is 0 Å². The van der Waals surface area contributed by atoms with Crippen LogP contribution >= 0.6 is 0 Å². The summed E-state index contributed by atoms with van der Waals surface area (Å²) in [5.41, 5.74) is 0. The second-order valence-corrected chi connectivity index (χ2v) is 9.69. The number of hydrogen-bond acceptors (Lipinski definition) is 16. The first-order chi connectivity index (χ1) is 24.2. The SMILES string of the molecule is CNCCOCCOCCOCCOCCOCCOCCOCCOCCOCCOCCOCCOCCNC(=O)COCC(=O)O. The number of ether oxygens (including phenoxy) is 13. The molecule has 0 bridgehead atoms. The summed E-state index contributed by atoms with van der Waals surface area (Å²) in [4.78, 5) is 21.6. The quantitative estimate of drug-likeness (QED) is 0.0623. The number of aliphatic carboxylic acids is 1. The zero-order chi connectivity index (χ0) is 35.6. The van der Waals surface area contributed by atoms with E-state index in [0.29, 0.717) is 165 Å². The van der Waals surface area contributed by atoms with Crippen molar-refractivity contribution in [1.29, 1.82) is 0 Å². The van der Waals surface area contributed by atoms with Gasteiger partial charge in [0, 0.05) is 13.1 Å². The number of rotatable bonds is 43. The first kappa shape index (κ1) is 47.4. The number of carbonyl (C=O) groups is 2. The number of likely N-dealkylation sites (N-methyl/N-ethyl adjacent to an activating group) is 1. The molecule has 1 amide bonds. The molecule has 0 atom stereocenters. The van der Waals surface area contributed by atoms with E-state index < -0.39 is 18.5 Å². The van der Waals surface area contributed by atoms with Gasteiger partial charge in [-0.25, -0.2) is 4.79 Å². The number of carboxylic acids is 1. The summed E-state index contributed by atoms with van der Waals surface area (Å²) in [6, 6.07) is 0. The van der Waals surface area contributed by atoms with E-state index >= 15 is 0 Å². The van der Waals surface area contributed by atoms with Crippen molar-refractivity contribution < 1.29 is 76.3 Å². The third-order valence-corrected chi connectivity index (χ3v) is 5.62. The molecule has 49 heavy (non-hydrogen) atoms. The van der Waals surface area contributed by atoms with Gasteiger partial charge >= 0.3 is 5.97 Å². The number of hydrogen-bond donors (Lipinski definition) is 3. The van der Waals surface area contributed by atoms with Crippen molar-refractivity contribution in [2.45, 2.75) is 0 Å². The molecule has 0 aliphatic heterocycles. The van der Waals surface area contributed by atoms with Crippen molar-refractivity contribution in [3.63, 3.8) is 0 Å². The molecule has 0 spiro atoms. The van der Waals surface area contributed by atoms with Crippen molar-refractivity contribution in [2.24, 2.45) is 0 Å². The lowest BCUT2D eigenvalue weighted by Gasteiger charge is -2.09. The number of amides is 1. The zero-order valence-corrected chi connectivity index (χ0v) is 29.4. The van der Waals surface area contributed by atoms with Gasteiger partial charge in [0.2, 0.25) is 5.91 Å². The molecule has 0 aromatic carbocycles. The van der Waals surface area contributed by atoms with E-state index in [1.165, 1.54) is 0 Å². The minimum Gasteiger partial charge on any atom is -0.480 e. The molecule has 0 aromatic rings. The molecule has 3 N–H and O–H groups in total. The highest BCUT2D eigenvalue weighted by atomic mass is 16.6.